The zero-order valence-electron chi connectivity index (χ0n) is 14.5. The normalized spacial score (nSPS) is 17.8. The predicted molar refractivity (Wildman–Crippen MR) is 93.7 cm³/mol. The van der Waals surface area contributed by atoms with Crippen LogP contribution in [0.3, 0.4) is 0 Å². The van der Waals surface area contributed by atoms with Gasteiger partial charge in [0.05, 0.1) is 0 Å². The van der Waals surface area contributed by atoms with Crippen molar-refractivity contribution < 1.29 is 18.4 Å². The number of hydrogen-bond donors (Lipinski definition) is 2. The Labute approximate surface area is 152 Å². The summed E-state index contributed by atoms with van der Waals surface area (Å²) in [6.45, 7) is 5.09. The molecule has 2 amide bonds. The lowest BCUT2D eigenvalue weighted by atomic mass is 10.0. The molecular weight excluding hydrogens is 352 g/mol. The van der Waals surface area contributed by atoms with Crippen LogP contribution in [0.1, 0.15) is 30.6 Å². The highest BCUT2D eigenvalue weighted by Gasteiger charge is 2.32. The van der Waals surface area contributed by atoms with Crippen LogP contribution in [0.5, 0.6) is 0 Å². The standard InChI is InChI=1S/C17H23F2N3O2.ClH/c1-10(2)15(17(24)22(3)11-7-8-20-9-11)21-16(23)14-12(18)5-4-6-13(14)19;/h4-6,10-11,15,20H,7-9H2,1-3H3,(H,21,23);1H. The lowest BCUT2D eigenvalue weighted by Gasteiger charge is -2.30. The van der Waals surface area contributed by atoms with Crippen molar-refractivity contribution in [1.29, 1.82) is 0 Å². The van der Waals surface area contributed by atoms with Crippen molar-refractivity contribution in [3.63, 3.8) is 0 Å². The Morgan fingerprint density at radius 2 is 1.88 bits per heavy atom. The molecule has 1 aliphatic heterocycles. The van der Waals surface area contributed by atoms with Crippen LogP contribution in [0.25, 0.3) is 0 Å². The third kappa shape index (κ3) is 4.89. The molecule has 0 aromatic heterocycles. The number of amides is 2. The lowest BCUT2D eigenvalue weighted by Crippen LogP contribution is -2.53. The van der Waals surface area contributed by atoms with E-state index in [0.29, 0.717) is 6.54 Å². The number of nitrogens with one attached hydrogen (secondary N) is 2. The third-order valence-electron chi connectivity index (χ3n) is 4.34. The second-order valence-electron chi connectivity index (χ2n) is 6.39. The maximum Gasteiger partial charge on any atom is 0.257 e. The zero-order valence-corrected chi connectivity index (χ0v) is 15.3. The molecule has 1 saturated heterocycles. The Balaban J connectivity index is 0.00000312. The van der Waals surface area contributed by atoms with Gasteiger partial charge in [0.2, 0.25) is 5.91 Å². The van der Waals surface area contributed by atoms with Gasteiger partial charge in [-0.2, -0.15) is 0 Å². The molecule has 2 unspecified atom stereocenters. The van der Waals surface area contributed by atoms with Gasteiger partial charge in [-0.25, -0.2) is 8.78 Å². The van der Waals surface area contributed by atoms with Crippen molar-refractivity contribution in [3.8, 4) is 0 Å². The summed E-state index contributed by atoms with van der Waals surface area (Å²) in [4.78, 5) is 26.6. The molecule has 0 saturated carbocycles. The van der Waals surface area contributed by atoms with E-state index in [1.807, 2.05) is 0 Å². The summed E-state index contributed by atoms with van der Waals surface area (Å²) in [5, 5.41) is 5.67. The Morgan fingerprint density at radius 1 is 1.28 bits per heavy atom. The Kier molecular flexibility index (Phi) is 7.76. The number of benzene rings is 1. The number of hydrogen-bond acceptors (Lipinski definition) is 3. The third-order valence-corrected chi connectivity index (χ3v) is 4.34. The summed E-state index contributed by atoms with van der Waals surface area (Å²) in [5.74, 6) is -3.29. The monoisotopic (exact) mass is 375 g/mol. The molecule has 1 fully saturated rings. The number of nitrogens with zero attached hydrogens (tertiary/aromatic N) is 1. The number of likely N-dealkylation sites (N-methyl/N-ethyl adjacent to an activating group) is 1. The molecular formula is C17H24ClF2N3O2. The van der Waals surface area contributed by atoms with Crippen molar-refractivity contribution in [1.82, 2.24) is 15.5 Å². The van der Waals surface area contributed by atoms with Crippen molar-refractivity contribution in [2.75, 3.05) is 20.1 Å². The first-order valence-electron chi connectivity index (χ1n) is 8.05. The summed E-state index contributed by atoms with van der Waals surface area (Å²) in [6.07, 6.45) is 0.836. The maximum atomic E-state index is 13.8. The van der Waals surface area contributed by atoms with Gasteiger partial charge in [0.25, 0.3) is 5.91 Å². The second kappa shape index (κ2) is 9.10. The average molecular weight is 376 g/mol. The molecule has 0 aliphatic carbocycles. The fourth-order valence-corrected chi connectivity index (χ4v) is 2.81. The number of rotatable bonds is 5. The first-order chi connectivity index (χ1) is 11.3. The van der Waals surface area contributed by atoms with Gasteiger partial charge in [-0.15, -0.1) is 12.4 Å². The molecule has 140 valence electrons. The molecule has 0 radical (unpaired) electrons. The Morgan fingerprint density at radius 3 is 2.36 bits per heavy atom. The molecule has 1 heterocycles. The van der Waals surface area contributed by atoms with Crippen LogP contribution in [-0.4, -0.2) is 48.9 Å². The van der Waals surface area contributed by atoms with Gasteiger partial charge in [0, 0.05) is 19.6 Å². The topological polar surface area (TPSA) is 61.4 Å². The van der Waals surface area contributed by atoms with E-state index in [9.17, 15) is 18.4 Å². The summed E-state index contributed by atoms with van der Waals surface area (Å²) in [7, 11) is 1.69. The summed E-state index contributed by atoms with van der Waals surface area (Å²) >= 11 is 0. The fourth-order valence-electron chi connectivity index (χ4n) is 2.81. The van der Waals surface area contributed by atoms with Crippen molar-refractivity contribution in [2.24, 2.45) is 5.92 Å². The van der Waals surface area contributed by atoms with Crippen molar-refractivity contribution in [2.45, 2.75) is 32.4 Å². The minimum absolute atomic E-state index is 0. The van der Waals surface area contributed by atoms with Crippen molar-refractivity contribution in [3.05, 3.63) is 35.4 Å². The van der Waals surface area contributed by atoms with E-state index in [-0.39, 0.29) is 30.3 Å². The highest BCUT2D eigenvalue weighted by molar-refractivity contribution is 5.98. The van der Waals surface area contributed by atoms with E-state index >= 15 is 0 Å². The van der Waals surface area contributed by atoms with Gasteiger partial charge in [-0.3, -0.25) is 9.59 Å². The number of carbonyl (C=O) groups excluding carboxylic acids is 2. The van der Waals surface area contributed by atoms with Crippen LogP contribution < -0.4 is 10.6 Å². The highest BCUT2D eigenvalue weighted by Crippen LogP contribution is 2.15. The summed E-state index contributed by atoms with van der Waals surface area (Å²) in [6, 6.07) is 2.43. The average Bonchev–Trinajstić information content (AvgIpc) is 3.05. The number of carbonyl (C=O) groups is 2. The van der Waals surface area contributed by atoms with Gasteiger partial charge in [-0.1, -0.05) is 19.9 Å². The van der Waals surface area contributed by atoms with E-state index in [2.05, 4.69) is 10.6 Å². The molecule has 2 atom stereocenters. The fraction of sp³-hybridized carbons (Fsp3) is 0.529. The summed E-state index contributed by atoms with van der Waals surface area (Å²) in [5.41, 5.74) is -0.666. The smallest absolute Gasteiger partial charge is 0.257 e. The molecule has 1 aliphatic rings. The molecule has 25 heavy (non-hydrogen) atoms. The maximum absolute atomic E-state index is 13.8. The predicted octanol–water partition coefficient (Wildman–Crippen LogP) is 1.96. The quantitative estimate of drug-likeness (QED) is 0.827. The minimum atomic E-state index is -0.948. The van der Waals surface area contributed by atoms with Crippen LogP contribution in [-0.2, 0) is 4.79 Å². The Hall–Kier alpha value is -1.73. The van der Waals surface area contributed by atoms with Crippen LogP contribution in [0.2, 0.25) is 0 Å². The van der Waals surface area contributed by atoms with Crippen LogP contribution in [0.4, 0.5) is 8.78 Å². The van der Waals surface area contributed by atoms with E-state index in [1.54, 1.807) is 25.8 Å². The van der Waals surface area contributed by atoms with Gasteiger partial charge in [-0.05, 0) is 31.0 Å². The minimum Gasteiger partial charge on any atom is -0.340 e. The Bertz CT molecular complexity index is 602. The lowest BCUT2D eigenvalue weighted by molar-refractivity contribution is -0.134. The van der Waals surface area contributed by atoms with E-state index < -0.39 is 29.1 Å². The molecule has 0 bridgehead atoms. The van der Waals surface area contributed by atoms with E-state index in [4.69, 9.17) is 0 Å². The second-order valence-corrected chi connectivity index (χ2v) is 6.39. The van der Waals surface area contributed by atoms with Gasteiger partial charge in [0.15, 0.2) is 0 Å². The molecule has 2 rings (SSSR count). The van der Waals surface area contributed by atoms with Crippen LogP contribution >= 0.6 is 12.4 Å². The first kappa shape index (κ1) is 21.3. The molecule has 1 aromatic rings. The van der Waals surface area contributed by atoms with Gasteiger partial charge in [0.1, 0.15) is 23.2 Å². The van der Waals surface area contributed by atoms with Crippen molar-refractivity contribution >= 4 is 24.2 Å². The van der Waals surface area contributed by atoms with Gasteiger partial charge >= 0.3 is 0 Å². The molecule has 2 N–H and O–H groups in total. The van der Waals surface area contributed by atoms with E-state index in [1.165, 1.54) is 6.07 Å². The highest BCUT2D eigenvalue weighted by atomic mass is 35.5. The molecule has 8 heteroatoms. The molecule has 5 nitrogen and oxygen atoms in total. The van der Waals surface area contributed by atoms with Crippen LogP contribution in [0, 0.1) is 17.6 Å². The zero-order chi connectivity index (χ0) is 17.9. The molecule has 0 spiro atoms. The largest absolute Gasteiger partial charge is 0.340 e. The van der Waals surface area contributed by atoms with Crippen LogP contribution in [0.15, 0.2) is 18.2 Å². The number of halogens is 3. The van der Waals surface area contributed by atoms with Gasteiger partial charge < -0.3 is 15.5 Å². The first-order valence-corrected chi connectivity index (χ1v) is 8.05. The summed E-state index contributed by atoms with van der Waals surface area (Å²) < 4.78 is 27.5. The SMILES string of the molecule is CC(C)C(NC(=O)c1c(F)cccc1F)C(=O)N(C)C1CCNC1.Cl. The van der Waals surface area contributed by atoms with E-state index in [0.717, 1.165) is 25.1 Å². The molecule has 1 aromatic carbocycles.